The number of nitrogens with zero attached hydrogens (tertiary/aromatic N) is 1. The Morgan fingerprint density at radius 1 is 1.11 bits per heavy atom. The van der Waals surface area contributed by atoms with Crippen molar-refractivity contribution in [2.24, 2.45) is 0 Å². The van der Waals surface area contributed by atoms with Crippen molar-refractivity contribution in [3.05, 3.63) is 47.5 Å². The summed E-state index contributed by atoms with van der Waals surface area (Å²) in [7, 11) is 7.32. The maximum absolute atomic E-state index is 12.4. The summed E-state index contributed by atoms with van der Waals surface area (Å²) in [6, 6.07) is 11.6. The molecule has 3 rings (SSSR count). The second-order valence-corrected chi connectivity index (χ2v) is 7.14. The van der Waals surface area contributed by atoms with Gasteiger partial charge in [-0.05, 0) is 26.6 Å². The molecule has 0 fully saturated rings. The summed E-state index contributed by atoms with van der Waals surface area (Å²) in [5.74, 6) is 1.97. The van der Waals surface area contributed by atoms with E-state index >= 15 is 0 Å². The highest BCUT2D eigenvalue weighted by Gasteiger charge is 2.32. The molecule has 2 aromatic carbocycles. The second kappa shape index (κ2) is 8.97. The number of nitrogens with one attached hydrogen (secondary N) is 1. The lowest BCUT2D eigenvalue weighted by Gasteiger charge is -2.29. The minimum absolute atomic E-state index is 0.0322. The fourth-order valence-electron chi connectivity index (χ4n) is 3.57. The molecule has 0 bridgehead atoms. The average Bonchev–Trinajstić information content (AvgIpc) is 2.69. The molecule has 0 saturated carbocycles. The topological polar surface area (TPSA) is 60.0 Å². The quantitative estimate of drug-likeness (QED) is 0.706. The molecule has 1 aliphatic rings. The van der Waals surface area contributed by atoms with E-state index in [1.165, 1.54) is 0 Å². The first-order valence-electron chi connectivity index (χ1n) is 9.45. The van der Waals surface area contributed by atoms with Crippen molar-refractivity contribution >= 4 is 11.6 Å². The van der Waals surface area contributed by atoms with Crippen LogP contribution in [-0.2, 0) is 4.79 Å². The van der Waals surface area contributed by atoms with Crippen LogP contribution in [0.2, 0.25) is 0 Å². The predicted molar refractivity (Wildman–Crippen MR) is 110 cm³/mol. The lowest BCUT2D eigenvalue weighted by atomic mass is 9.83. The highest BCUT2D eigenvalue weighted by atomic mass is 16.5. The van der Waals surface area contributed by atoms with Gasteiger partial charge >= 0.3 is 0 Å². The minimum atomic E-state index is -0.144. The molecule has 1 aliphatic heterocycles. The first kappa shape index (κ1) is 20.0. The van der Waals surface area contributed by atoms with E-state index in [4.69, 9.17) is 14.2 Å². The molecule has 0 spiro atoms. The molecule has 2 aromatic rings. The number of rotatable bonds is 8. The van der Waals surface area contributed by atoms with Gasteiger partial charge in [0.1, 0.15) is 17.2 Å². The van der Waals surface area contributed by atoms with Crippen LogP contribution in [0, 0.1) is 0 Å². The molecule has 0 saturated heterocycles. The first-order valence-corrected chi connectivity index (χ1v) is 9.45. The molecule has 0 radical (unpaired) electrons. The Balaban J connectivity index is 1.96. The zero-order valence-corrected chi connectivity index (χ0v) is 17.0. The smallest absolute Gasteiger partial charge is 0.225 e. The summed E-state index contributed by atoms with van der Waals surface area (Å²) in [5, 5.41) is 2.95. The van der Waals surface area contributed by atoms with Crippen LogP contribution in [0.25, 0.3) is 0 Å². The summed E-state index contributed by atoms with van der Waals surface area (Å²) in [4.78, 5) is 14.6. The normalized spacial score (nSPS) is 15.8. The highest BCUT2D eigenvalue weighted by molar-refractivity contribution is 5.96. The average molecular weight is 384 g/mol. The highest BCUT2D eigenvalue weighted by Crippen LogP contribution is 2.46. The lowest BCUT2D eigenvalue weighted by molar-refractivity contribution is -0.116. The van der Waals surface area contributed by atoms with Crippen LogP contribution in [0.3, 0.4) is 0 Å². The summed E-state index contributed by atoms with van der Waals surface area (Å²) in [6.45, 7) is 1.59. The number of methoxy groups -OCH3 is 2. The van der Waals surface area contributed by atoms with E-state index in [2.05, 4.69) is 10.2 Å². The molecule has 6 nitrogen and oxygen atoms in total. The van der Waals surface area contributed by atoms with Gasteiger partial charge in [-0.3, -0.25) is 4.79 Å². The Bertz CT molecular complexity index is 835. The van der Waals surface area contributed by atoms with Crippen LogP contribution < -0.4 is 19.5 Å². The van der Waals surface area contributed by atoms with Crippen molar-refractivity contribution in [3.63, 3.8) is 0 Å². The van der Waals surface area contributed by atoms with Crippen LogP contribution in [0.1, 0.15) is 29.9 Å². The van der Waals surface area contributed by atoms with Crippen LogP contribution in [-0.4, -0.2) is 52.3 Å². The molecule has 1 N–H and O–H groups in total. The summed E-state index contributed by atoms with van der Waals surface area (Å²) >= 11 is 0. The van der Waals surface area contributed by atoms with Crippen LogP contribution in [0.15, 0.2) is 36.4 Å². The van der Waals surface area contributed by atoms with Crippen molar-refractivity contribution in [2.45, 2.75) is 18.8 Å². The van der Waals surface area contributed by atoms with E-state index in [0.29, 0.717) is 24.5 Å². The van der Waals surface area contributed by atoms with Gasteiger partial charge in [-0.1, -0.05) is 18.2 Å². The Kier molecular flexibility index (Phi) is 6.41. The van der Waals surface area contributed by atoms with Gasteiger partial charge in [-0.2, -0.15) is 0 Å². The number of amides is 1. The Morgan fingerprint density at radius 3 is 2.61 bits per heavy atom. The number of para-hydroxylation sites is 1. The Hall–Kier alpha value is -2.73. The second-order valence-electron chi connectivity index (χ2n) is 7.14. The molecule has 0 aromatic heterocycles. The fraction of sp³-hybridized carbons (Fsp3) is 0.409. The van der Waals surface area contributed by atoms with E-state index < -0.39 is 0 Å². The van der Waals surface area contributed by atoms with E-state index in [0.717, 1.165) is 35.5 Å². The van der Waals surface area contributed by atoms with Gasteiger partial charge in [0.15, 0.2) is 0 Å². The number of carbonyl (C=O) groups excluding carboxylic acids is 1. The summed E-state index contributed by atoms with van der Waals surface area (Å²) in [6.07, 6.45) is 1.28. The van der Waals surface area contributed by atoms with Crippen molar-refractivity contribution in [1.82, 2.24) is 4.90 Å². The van der Waals surface area contributed by atoms with Gasteiger partial charge in [-0.15, -0.1) is 0 Å². The van der Waals surface area contributed by atoms with Crippen molar-refractivity contribution < 1.29 is 19.0 Å². The maximum Gasteiger partial charge on any atom is 0.225 e. The van der Waals surface area contributed by atoms with Gasteiger partial charge in [-0.25, -0.2) is 0 Å². The van der Waals surface area contributed by atoms with Crippen molar-refractivity contribution in [3.8, 4) is 17.2 Å². The third kappa shape index (κ3) is 4.39. The zero-order chi connectivity index (χ0) is 20.1. The molecule has 0 aliphatic carbocycles. The van der Waals surface area contributed by atoms with Crippen molar-refractivity contribution in [2.75, 3.05) is 46.8 Å². The molecule has 6 heteroatoms. The lowest BCUT2D eigenvalue weighted by Crippen LogP contribution is -2.24. The number of ether oxygens (including phenoxy) is 3. The summed E-state index contributed by atoms with van der Waals surface area (Å²) in [5.41, 5.74) is 2.67. The van der Waals surface area contributed by atoms with Gasteiger partial charge in [0.25, 0.3) is 0 Å². The van der Waals surface area contributed by atoms with Crippen molar-refractivity contribution in [1.29, 1.82) is 0 Å². The molecule has 150 valence electrons. The monoisotopic (exact) mass is 384 g/mol. The minimum Gasteiger partial charge on any atom is -0.497 e. The standard InChI is InChI=1S/C22H28N2O4/c1-24(2)10-7-11-28-19-9-6-5-8-16(19)17-14-21(25)23-18-12-15(26-3)13-20(27-4)22(17)18/h5-6,8-9,12-13,17H,7,10-11,14H2,1-4H3,(H,23,25). The third-order valence-corrected chi connectivity index (χ3v) is 4.88. The largest absolute Gasteiger partial charge is 0.497 e. The number of benzene rings is 2. The van der Waals surface area contributed by atoms with Crippen LogP contribution in [0.5, 0.6) is 17.2 Å². The molecule has 1 amide bonds. The van der Waals surface area contributed by atoms with Crippen LogP contribution in [0.4, 0.5) is 5.69 Å². The molecule has 28 heavy (non-hydrogen) atoms. The van der Waals surface area contributed by atoms with E-state index in [-0.39, 0.29) is 11.8 Å². The Morgan fingerprint density at radius 2 is 1.89 bits per heavy atom. The van der Waals surface area contributed by atoms with Gasteiger partial charge in [0.2, 0.25) is 5.91 Å². The molecule has 1 unspecified atom stereocenters. The fourth-order valence-corrected chi connectivity index (χ4v) is 3.57. The molecule has 1 heterocycles. The van der Waals surface area contributed by atoms with Gasteiger partial charge in [0, 0.05) is 42.1 Å². The number of hydrogen-bond donors (Lipinski definition) is 1. The molecular weight excluding hydrogens is 356 g/mol. The maximum atomic E-state index is 12.4. The predicted octanol–water partition coefficient (Wildman–Crippen LogP) is 3.51. The number of anilines is 1. The molecule has 1 atom stereocenters. The number of fused-ring (bicyclic) bond motifs is 1. The van der Waals surface area contributed by atoms with Gasteiger partial charge < -0.3 is 24.4 Å². The molecular formula is C22H28N2O4. The first-order chi connectivity index (χ1) is 13.5. The summed E-state index contributed by atoms with van der Waals surface area (Å²) < 4.78 is 17.1. The van der Waals surface area contributed by atoms with E-state index in [1.807, 2.05) is 50.5 Å². The SMILES string of the molecule is COc1cc2c(c(OC)c1)C(c1ccccc1OCCCN(C)C)CC(=O)N2. The number of carbonyl (C=O) groups is 1. The zero-order valence-electron chi connectivity index (χ0n) is 17.0. The third-order valence-electron chi connectivity index (χ3n) is 4.88. The van der Waals surface area contributed by atoms with E-state index in [9.17, 15) is 4.79 Å². The number of hydrogen-bond acceptors (Lipinski definition) is 5. The Labute approximate surface area is 166 Å². The van der Waals surface area contributed by atoms with Gasteiger partial charge in [0.05, 0.1) is 26.5 Å². The van der Waals surface area contributed by atoms with E-state index in [1.54, 1.807) is 14.2 Å². The van der Waals surface area contributed by atoms with Crippen LogP contribution >= 0.6 is 0 Å².